The van der Waals surface area contributed by atoms with Crippen LogP contribution in [0.2, 0.25) is 0 Å². The fraction of sp³-hybridized carbons (Fsp3) is 0.250. The van der Waals surface area contributed by atoms with Crippen LogP contribution in [0, 0.1) is 0 Å². The van der Waals surface area contributed by atoms with Gasteiger partial charge in [0.25, 0.3) is 0 Å². The lowest BCUT2D eigenvalue weighted by atomic mass is 10.2. The van der Waals surface area contributed by atoms with Gasteiger partial charge in [-0.15, -0.1) is 5.10 Å². The lowest BCUT2D eigenvalue weighted by Crippen LogP contribution is -2.14. The lowest BCUT2D eigenvalue weighted by molar-refractivity contribution is -0.113. The maximum absolute atomic E-state index is 12.1. The molecule has 146 valence electrons. The van der Waals surface area contributed by atoms with Crippen LogP contribution in [0.1, 0.15) is 18.3 Å². The first kappa shape index (κ1) is 19.8. The number of methoxy groups -OCH3 is 1. The highest BCUT2D eigenvalue weighted by molar-refractivity contribution is 7.99. The summed E-state index contributed by atoms with van der Waals surface area (Å²) in [7, 11) is 1.56. The molecule has 0 radical (unpaired) electrons. The first-order valence-electron chi connectivity index (χ1n) is 8.86. The summed E-state index contributed by atoms with van der Waals surface area (Å²) in [6.45, 7) is 2.40. The average molecular weight is 398 g/mol. The van der Waals surface area contributed by atoms with Gasteiger partial charge in [0.2, 0.25) is 11.1 Å². The van der Waals surface area contributed by atoms with Crippen molar-refractivity contribution in [1.29, 1.82) is 0 Å². The van der Waals surface area contributed by atoms with Crippen LogP contribution in [0.5, 0.6) is 11.5 Å². The molecule has 8 heteroatoms. The van der Waals surface area contributed by atoms with Gasteiger partial charge < -0.3 is 14.8 Å². The molecular formula is C20H22N4O3S. The van der Waals surface area contributed by atoms with Gasteiger partial charge in [0.1, 0.15) is 18.1 Å². The predicted molar refractivity (Wildman–Crippen MR) is 109 cm³/mol. The third-order valence-corrected chi connectivity index (χ3v) is 4.78. The quantitative estimate of drug-likeness (QED) is 0.535. The topological polar surface area (TPSA) is 89.1 Å². The number of nitrogens with zero attached hydrogens (tertiary/aromatic N) is 2. The second-order valence-electron chi connectivity index (χ2n) is 5.89. The Morgan fingerprint density at radius 3 is 2.71 bits per heavy atom. The van der Waals surface area contributed by atoms with Gasteiger partial charge in [-0.25, -0.2) is 4.98 Å². The summed E-state index contributed by atoms with van der Waals surface area (Å²) < 4.78 is 10.9. The summed E-state index contributed by atoms with van der Waals surface area (Å²) in [5, 5.41) is 10.3. The fourth-order valence-electron chi connectivity index (χ4n) is 2.44. The van der Waals surface area contributed by atoms with Crippen molar-refractivity contribution in [3.05, 3.63) is 59.9 Å². The Kier molecular flexibility index (Phi) is 6.91. The van der Waals surface area contributed by atoms with Crippen molar-refractivity contribution in [2.24, 2.45) is 0 Å². The molecule has 0 atom stereocenters. The summed E-state index contributed by atoms with van der Waals surface area (Å²) in [5.74, 6) is 2.03. The summed E-state index contributed by atoms with van der Waals surface area (Å²) in [6.07, 6.45) is 0.994. The zero-order valence-corrected chi connectivity index (χ0v) is 16.6. The minimum atomic E-state index is -0.159. The number of H-pyrrole nitrogens is 1. The maximum Gasteiger partial charge on any atom is 0.234 e. The Morgan fingerprint density at radius 1 is 1.18 bits per heavy atom. The summed E-state index contributed by atoms with van der Waals surface area (Å²) in [4.78, 5) is 16.5. The number of carbonyl (C=O) groups excluding carboxylic acids is 1. The van der Waals surface area contributed by atoms with Crippen LogP contribution in [0.25, 0.3) is 0 Å². The number of carbonyl (C=O) groups is 1. The average Bonchev–Trinajstić information content (AvgIpc) is 3.19. The number of hydrogen-bond acceptors (Lipinski definition) is 6. The van der Waals surface area contributed by atoms with Crippen LogP contribution in [-0.4, -0.2) is 34.0 Å². The highest BCUT2D eigenvalue weighted by Gasteiger charge is 2.10. The third kappa shape index (κ3) is 5.50. The number of aromatic nitrogens is 3. The number of hydrogen-bond donors (Lipinski definition) is 2. The molecule has 0 saturated heterocycles. The highest BCUT2D eigenvalue weighted by Crippen LogP contribution is 2.23. The van der Waals surface area contributed by atoms with Crippen molar-refractivity contribution in [2.45, 2.75) is 25.1 Å². The van der Waals surface area contributed by atoms with Crippen molar-refractivity contribution < 1.29 is 14.3 Å². The molecule has 0 saturated carbocycles. The van der Waals surface area contributed by atoms with Crippen LogP contribution in [0.3, 0.4) is 0 Å². The number of ether oxygens (including phenoxy) is 2. The van der Waals surface area contributed by atoms with Gasteiger partial charge in [0, 0.05) is 0 Å². The second kappa shape index (κ2) is 9.80. The van der Waals surface area contributed by atoms with Gasteiger partial charge in [0.05, 0.1) is 18.6 Å². The molecule has 3 rings (SSSR count). The first-order valence-corrected chi connectivity index (χ1v) is 9.85. The molecule has 7 nitrogen and oxygen atoms in total. The molecule has 3 aromatic rings. The number of benzene rings is 2. The fourth-order valence-corrected chi connectivity index (χ4v) is 3.06. The SMILES string of the molecule is CCc1ccc(OCc2nc(SCC(=O)Nc3ccccc3OC)n[nH]2)cc1. The summed E-state index contributed by atoms with van der Waals surface area (Å²) in [6, 6.07) is 15.2. The van der Waals surface area contributed by atoms with Gasteiger partial charge in [-0.1, -0.05) is 43.0 Å². The Hall–Kier alpha value is -3.00. The molecule has 1 amide bonds. The molecule has 0 fully saturated rings. The van der Waals surface area contributed by atoms with Gasteiger partial charge in [-0.2, -0.15) is 0 Å². The zero-order chi connectivity index (χ0) is 19.8. The molecule has 0 aliphatic rings. The van der Waals surface area contributed by atoms with Crippen molar-refractivity contribution in [3.8, 4) is 11.5 Å². The van der Waals surface area contributed by atoms with Crippen LogP contribution < -0.4 is 14.8 Å². The number of aryl methyl sites for hydroxylation is 1. The van der Waals surface area contributed by atoms with E-state index >= 15 is 0 Å². The van der Waals surface area contributed by atoms with E-state index in [-0.39, 0.29) is 18.3 Å². The predicted octanol–water partition coefficient (Wildman–Crippen LogP) is 3.69. The van der Waals surface area contributed by atoms with Gasteiger partial charge in [0.15, 0.2) is 5.82 Å². The number of amides is 1. The Bertz CT molecular complexity index is 912. The van der Waals surface area contributed by atoms with Crippen molar-refractivity contribution in [1.82, 2.24) is 15.2 Å². The van der Waals surface area contributed by atoms with E-state index in [0.717, 1.165) is 12.2 Å². The van der Waals surface area contributed by atoms with E-state index in [1.54, 1.807) is 19.2 Å². The number of nitrogens with one attached hydrogen (secondary N) is 2. The smallest absolute Gasteiger partial charge is 0.234 e. The molecule has 0 aliphatic carbocycles. The molecule has 28 heavy (non-hydrogen) atoms. The van der Waals surface area contributed by atoms with E-state index in [1.807, 2.05) is 36.4 Å². The molecule has 0 spiro atoms. The van der Waals surface area contributed by atoms with Gasteiger partial charge in [-0.05, 0) is 36.2 Å². The van der Waals surface area contributed by atoms with Gasteiger partial charge >= 0.3 is 0 Å². The van der Waals surface area contributed by atoms with Gasteiger partial charge in [-0.3, -0.25) is 9.89 Å². The number of thioether (sulfide) groups is 1. The minimum Gasteiger partial charge on any atom is -0.495 e. The Balaban J connectivity index is 1.46. The molecular weight excluding hydrogens is 376 g/mol. The minimum absolute atomic E-state index is 0.159. The number of para-hydroxylation sites is 2. The molecule has 0 aliphatic heterocycles. The molecule has 0 bridgehead atoms. The Morgan fingerprint density at radius 2 is 1.96 bits per heavy atom. The van der Waals surface area contributed by atoms with Crippen LogP contribution in [0.4, 0.5) is 5.69 Å². The normalized spacial score (nSPS) is 10.5. The largest absolute Gasteiger partial charge is 0.495 e. The molecule has 0 unspecified atom stereocenters. The van der Waals surface area contributed by atoms with Crippen LogP contribution in [-0.2, 0) is 17.8 Å². The summed E-state index contributed by atoms with van der Waals surface area (Å²) in [5.41, 5.74) is 1.89. The monoisotopic (exact) mass is 398 g/mol. The number of anilines is 1. The van der Waals surface area contributed by atoms with Crippen molar-refractivity contribution in [2.75, 3.05) is 18.2 Å². The zero-order valence-electron chi connectivity index (χ0n) is 15.8. The maximum atomic E-state index is 12.1. The van der Waals surface area contributed by atoms with E-state index in [1.165, 1.54) is 17.3 Å². The lowest BCUT2D eigenvalue weighted by Gasteiger charge is -2.08. The van der Waals surface area contributed by atoms with E-state index in [9.17, 15) is 4.79 Å². The molecule has 2 aromatic carbocycles. The third-order valence-electron chi connectivity index (χ3n) is 3.93. The number of rotatable bonds is 9. The van der Waals surface area contributed by atoms with Crippen molar-refractivity contribution >= 4 is 23.4 Å². The molecule has 1 aromatic heterocycles. The highest BCUT2D eigenvalue weighted by atomic mass is 32.2. The molecule has 1 heterocycles. The van der Waals surface area contributed by atoms with E-state index < -0.39 is 0 Å². The van der Waals surface area contributed by atoms with E-state index in [2.05, 4.69) is 27.4 Å². The second-order valence-corrected chi connectivity index (χ2v) is 6.83. The van der Waals surface area contributed by atoms with E-state index in [4.69, 9.17) is 9.47 Å². The first-order chi connectivity index (χ1) is 13.7. The van der Waals surface area contributed by atoms with Crippen LogP contribution >= 0.6 is 11.8 Å². The summed E-state index contributed by atoms with van der Waals surface area (Å²) >= 11 is 1.25. The molecule has 2 N–H and O–H groups in total. The van der Waals surface area contributed by atoms with Crippen molar-refractivity contribution in [3.63, 3.8) is 0 Å². The standard InChI is InChI=1S/C20H22N4O3S/c1-3-14-8-10-15(11-9-14)27-12-18-22-20(24-23-18)28-13-19(25)21-16-6-4-5-7-17(16)26-2/h4-11H,3,12-13H2,1-2H3,(H,21,25)(H,22,23,24). The van der Waals surface area contributed by atoms with Crippen LogP contribution in [0.15, 0.2) is 53.7 Å². The van der Waals surface area contributed by atoms with E-state index in [0.29, 0.717) is 22.4 Å². The number of aromatic amines is 1. The Labute approximate surface area is 167 Å².